The lowest BCUT2D eigenvalue weighted by Crippen LogP contribution is -2.18. The Kier molecular flexibility index (Phi) is 7.87. The van der Waals surface area contributed by atoms with Crippen molar-refractivity contribution >= 4 is 17.9 Å². The molecule has 12 heteroatoms. The van der Waals surface area contributed by atoms with Gasteiger partial charge in [0, 0.05) is 6.20 Å². The highest BCUT2D eigenvalue weighted by Gasteiger charge is 2.20. The Hall–Kier alpha value is -5.65. The van der Waals surface area contributed by atoms with Crippen LogP contribution in [0.15, 0.2) is 85.1 Å². The largest absolute Gasteiger partial charge is 0.476 e. The van der Waals surface area contributed by atoms with Crippen LogP contribution in [0.5, 0.6) is 11.5 Å². The van der Waals surface area contributed by atoms with Crippen LogP contribution < -0.4 is 10.1 Å². The Morgan fingerprint density at radius 1 is 0.952 bits per heavy atom. The average Bonchev–Trinajstić information content (AvgIpc) is 3.34. The van der Waals surface area contributed by atoms with Gasteiger partial charge in [0.2, 0.25) is 0 Å². The Bertz CT molecular complexity index is 1740. The first-order valence-corrected chi connectivity index (χ1v) is 12.6. The third-order valence-electron chi connectivity index (χ3n) is 6.24. The number of pyridine rings is 1. The van der Waals surface area contributed by atoms with E-state index in [1.165, 1.54) is 23.0 Å². The number of hydrogen-bond acceptors (Lipinski definition) is 7. The van der Waals surface area contributed by atoms with E-state index >= 15 is 0 Å². The number of aryl methyl sites for hydroxylation is 1. The fourth-order valence-corrected chi connectivity index (χ4v) is 4.12. The summed E-state index contributed by atoms with van der Waals surface area (Å²) in [6.45, 7) is 3.43. The van der Waals surface area contributed by atoms with Gasteiger partial charge in [0.25, 0.3) is 0 Å². The van der Waals surface area contributed by atoms with E-state index < -0.39 is 41.2 Å². The van der Waals surface area contributed by atoms with E-state index in [0.29, 0.717) is 22.8 Å². The van der Waals surface area contributed by atoms with E-state index in [0.717, 1.165) is 17.7 Å². The summed E-state index contributed by atoms with van der Waals surface area (Å²) in [5, 5.41) is 20.1. The molecule has 0 radical (unpaired) electrons. The molecule has 42 heavy (non-hydrogen) atoms. The maximum atomic E-state index is 14.9. The van der Waals surface area contributed by atoms with Crippen molar-refractivity contribution in [2.75, 3.05) is 5.32 Å². The molecule has 0 aliphatic rings. The molecule has 3 aromatic carbocycles. The lowest BCUT2D eigenvalue weighted by molar-refractivity contribution is 0.0687. The summed E-state index contributed by atoms with van der Waals surface area (Å²) in [6, 6.07) is 20.6. The predicted octanol–water partition coefficient (Wildman–Crippen LogP) is 6.72. The monoisotopic (exact) mass is 571 g/mol. The van der Waals surface area contributed by atoms with Crippen LogP contribution in [0.25, 0.3) is 16.8 Å². The van der Waals surface area contributed by atoms with Crippen LogP contribution in [-0.4, -0.2) is 37.1 Å². The van der Waals surface area contributed by atoms with E-state index in [1.54, 1.807) is 38.1 Å². The minimum atomic E-state index is -1.40. The summed E-state index contributed by atoms with van der Waals surface area (Å²) in [7, 11) is 0. The van der Waals surface area contributed by atoms with Gasteiger partial charge in [0.05, 0.1) is 5.69 Å². The number of amides is 1. The number of aromatic nitrogens is 4. The van der Waals surface area contributed by atoms with Crippen LogP contribution in [0.2, 0.25) is 0 Å². The van der Waals surface area contributed by atoms with Gasteiger partial charge >= 0.3 is 12.1 Å². The molecular formula is C30H23F2N5O5. The highest BCUT2D eigenvalue weighted by atomic mass is 19.1. The topological polar surface area (TPSA) is 128 Å². The molecule has 5 aromatic rings. The van der Waals surface area contributed by atoms with Crippen molar-refractivity contribution in [2.24, 2.45) is 0 Å². The molecule has 0 aliphatic carbocycles. The minimum absolute atomic E-state index is 0.208. The van der Waals surface area contributed by atoms with E-state index in [4.69, 9.17) is 9.47 Å². The Morgan fingerprint density at radius 2 is 1.64 bits per heavy atom. The van der Waals surface area contributed by atoms with Gasteiger partial charge in [-0.3, -0.25) is 5.32 Å². The first kappa shape index (κ1) is 27.9. The summed E-state index contributed by atoms with van der Waals surface area (Å²) in [5.74, 6) is -4.23. The van der Waals surface area contributed by atoms with Crippen LogP contribution in [0.3, 0.4) is 0 Å². The molecule has 0 fully saturated rings. The van der Waals surface area contributed by atoms with Crippen LogP contribution >= 0.6 is 0 Å². The minimum Gasteiger partial charge on any atom is -0.476 e. The van der Waals surface area contributed by atoms with Gasteiger partial charge in [-0.15, -0.1) is 5.10 Å². The molecule has 0 aliphatic heterocycles. The number of benzene rings is 3. The number of carbonyl (C=O) groups is 2. The summed E-state index contributed by atoms with van der Waals surface area (Å²) in [4.78, 5) is 27.6. The predicted molar refractivity (Wildman–Crippen MR) is 148 cm³/mol. The highest BCUT2D eigenvalue weighted by Crippen LogP contribution is 2.33. The maximum absolute atomic E-state index is 14.9. The number of aromatic carboxylic acids is 1. The summed E-state index contributed by atoms with van der Waals surface area (Å²) in [6.07, 6.45) is 0.0500. The molecule has 212 valence electrons. The third kappa shape index (κ3) is 5.92. The molecule has 2 aromatic heterocycles. The van der Waals surface area contributed by atoms with E-state index in [9.17, 15) is 23.5 Å². The van der Waals surface area contributed by atoms with E-state index in [-0.39, 0.29) is 11.3 Å². The van der Waals surface area contributed by atoms with Crippen molar-refractivity contribution in [3.63, 3.8) is 0 Å². The van der Waals surface area contributed by atoms with Crippen molar-refractivity contribution < 1.29 is 33.0 Å². The molecule has 1 atom stereocenters. The second-order valence-corrected chi connectivity index (χ2v) is 9.09. The van der Waals surface area contributed by atoms with Crippen LogP contribution in [0.1, 0.15) is 34.8 Å². The number of carboxylic acids is 1. The Balaban J connectivity index is 1.34. The Morgan fingerprint density at radius 3 is 2.31 bits per heavy atom. The fourth-order valence-electron chi connectivity index (χ4n) is 4.12. The maximum Gasteiger partial charge on any atom is 0.413 e. The van der Waals surface area contributed by atoms with Crippen LogP contribution in [0, 0.1) is 18.6 Å². The summed E-state index contributed by atoms with van der Waals surface area (Å²) in [5.41, 5.74) is 2.00. The van der Waals surface area contributed by atoms with Gasteiger partial charge in [0.15, 0.2) is 34.6 Å². The van der Waals surface area contributed by atoms with Crippen molar-refractivity contribution in [1.82, 2.24) is 20.0 Å². The number of carbonyl (C=O) groups excluding carboxylic acids is 1. The van der Waals surface area contributed by atoms with Gasteiger partial charge in [-0.2, -0.15) is 4.68 Å². The Labute approximate surface area is 238 Å². The number of halogens is 2. The van der Waals surface area contributed by atoms with Gasteiger partial charge < -0.3 is 14.6 Å². The number of nitrogens with zero attached hydrogens (tertiary/aromatic N) is 4. The van der Waals surface area contributed by atoms with Crippen LogP contribution in [0.4, 0.5) is 19.4 Å². The zero-order chi connectivity index (χ0) is 29.8. The smallest absolute Gasteiger partial charge is 0.413 e. The zero-order valence-corrected chi connectivity index (χ0v) is 22.3. The van der Waals surface area contributed by atoms with Gasteiger partial charge in [-0.1, -0.05) is 47.7 Å². The first-order chi connectivity index (χ1) is 20.2. The summed E-state index contributed by atoms with van der Waals surface area (Å²) < 4.78 is 42.0. The molecule has 1 amide bonds. The number of hydrogen-bond donors (Lipinski definition) is 2. The quantitative estimate of drug-likeness (QED) is 0.210. The fraction of sp³-hybridized carbons (Fsp3) is 0.100. The van der Waals surface area contributed by atoms with E-state index in [2.05, 4.69) is 20.6 Å². The number of carboxylic acid groups (broad SMARTS) is 1. The van der Waals surface area contributed by atoms with Crippen LogP contribution in [-0.2, 0) is 4.74 Å². The standard InChI is InChI=1S/C30H23F2N5O5/c1-17-28(34-30(40)41-18(2)19-7-4-3-5-8-19)37(36-35-17)22-12-10-20(11-13-22)21-15-23(31)27(24(32)16-21)42-25-9-6-14-33-26(25)29(38)39/h3-16,18H,1-2H3,(H,34,40)(H,38,39). The van der Waals surface area contributed by atoms with E-state index in [1.807, 2.05) is 30.3 Å². The van der Waals surface area contributed by atoms with Gasteiger partial charge in [-0.05, 0) is 66.9 Å². The zero-order valence-electron chi connectivity index (χ0n) is 22.3. The molecular weight excluding hydrogens is 548 g/mol. The highest BCUT2D eigenvalue weighted by molar-refractivity contribution is 5.88. The molecule has 0 spiro atoms. The molecule has 5 rings (SSSR count). The second-order valence-electron chi connectivity index (χ2n) is 9.09. The number of anilines is 1. The number of nitrogens with one attached hydrogen (secondary N) is 1. The normalized spacial score (nSPS) is 11.5. The lowest BCUT2D eigenvalue weighted by Gasteiger charge is -2.15. The summed E-state index contributed by atoms with van der Waals surface area (Å²) >= 11 is 0. The number of ether oxygens (including phenoxy) is 2. The molecule has 0 saturated carbocycles. The third-order valence-corrected chi connectivity index (χ3v) is 6.24. The van der Waals surface area contributed by atoms with Crippen molar-refractivity contribution in [2.45, 2.75) is 20.0 Å². The SMILES string of the molecule is Cc1nnn(-c2ccc(-c3cc(F)c(Oc4cccnc4C(=O)O)c(F)c3)cc2)c1NC(=O)OC(C)c1ccccc1. The lowest BCUT2D eigenvalue weighted by atomic mass is 10.0. The van der Waals surface area contributed by atoms with Gasteiger partial charge in [-0.25, -0.2) is 23.4 Å². The molecule has 10 nitrogen and oxygen atoms in total. The van der Waals surface area contributed by atoms with Gasteiger partial charge in [0.1, 0.15) is 11.8 Å². The first-order valence-electron chi connectivity index (χ1n) is 12.6. The average molecular weight is 572 g/mol. The molecule has 1 unspecified atom stereocenters. The number of rotatable bonds is 8. The van der Waals surface area contributed by atoms with Crippen molar-refractivity contribution in [1.29, 1.82) is 0 Å². The van der Waals surface area contributed by atoms with Crippen molar-refractivity contribution in [3.05, 3.63) is 114 Å². The molecule has 2 heterocycles. The van der Waals surface area contributed by atoms with Crippen molar-refractivity contribution in [3.8, 4) is 28.3 Å². The molecule has 0 saturated heterocycles. The molecule has 2 N–H and O–H groups in total. The molecule has 0 bridgehead atoms. The second kappa shape index (κ2) is 11.8.